The topological polar surface area (TPSA) is 59.1 Å². The molecule has 0 aromatic carbocycles. The van der Waals surface area contributed by atoms with Gasteiger partial charge in [0.15, 0.2) is 0 Å². The summed E-state index contributed by atoms with van der Waals surface area (Å²) in [6.07, 6.45) is 3.83. The zero-order valence-corrected chi connectivity index (χ0v) is 12.8. The number of fused-ring (bicyclic) bond motifs is 3. The Morgan fingerprint density at radius 1 is 1.15 bits per heavy atom. The number of aliphatic hydroxyl groups is 1. The normalized spacial score (nSPS) is 59.2. The summed E-state index contributed by atoms with van der Waals surface area (Å²) in [5, 5.41) is 11.1. The molecule has 0 radical (unpaired) electrons. The molecule has 1 N–H and O–H groups in total. The van der Waals surface area contributed by atoms with Crippen molar-refractivity contribution in [3.8, 4) is 0 Å². The maximum Gasteiger partial charge on any atom is 0.310 e. The Kier molecular flexibility index (Phi) is 2.02. The van der Waals surface area contributed by atoms with Crippen molar-refractivity contribution in [2.45, 2.75) is 82.2 Å². The lowest BCUT2D eigenvalue weighted by Crippen LogP contribution is -2.68. The number of rotatable bonds is 0. The van der Waals surface area contributed by atoms with Crippen LogP contribution in [0, 0.1) is 11.3 Å². The SMILES string of the molecule is CC1(C)OC(=O)C2CC[C@@]3(C)OC34C[C@]1(O)CC[C@@]24C. The molecule has 4 nitrogen and oxygen atoms in total. The zero-order chi connectivity index (χ0) is 14.6. The van der Waals surface area contributed by atoms with Crippen LogP contribution < -0.4 is 0 Å². The summed E-state index contributed by atoms with van der Waals surface area (Å²) in [7, 11) is 0. The van der Waals surface area contributed by atoms with Crippen molar-refractivity contribution < 1.29 is 19.4 Å². The minimum Gasteiger partial charge on any atom is -0.456 e. The van der Waals surface area contributed by atoms with Crippen molar-refractivity contribution in [1.29, 1.82) is 0 Å². The van der Waals surface area contributed by atoms with Crippen molar-refractivity contribution in [1.82, 2.24) is 0 Å². The van der Waals surface area contributed by atoms with Gasteiger partial charge in [-0.3, -0.25) is 4.79 Å². The quantitative estimate of drug-likeness (QED) is 0.546. The first-order valence-corrected chi connectivity index (χ1v) is 7.75. The standard InChI is InChI=1S/C16H24O4/c1-12(2)15(18)8-7-13(3)10(11(17)19-12)5-6-14(4)16(13,9-15)20-14/h10,18H,5-9H2,1-4H3/t10?,13-,14+,15+,16?/m0/s1. The summed E-state index contributed by atoms with van der Waals surface area (Å²) in [6, 6.07) is 0. The van der Waals surface area contributed by atoms with Gasteiger partial charge < -0.3 is 14.6 Å². The molecular formula is C16H24O4. The Balaban J connectivity index is 1.91. The van der Waals surface area contributed by atoms with Gasteiger partial charge in [-0.1, -0.05) is 6.92 Å². The summed E-state index contributed by atoms with van der Waals surface area (Å²) < 4.78 is 12.0. The molecule has 4 heteroatoms. The fourth-order valence-electron chi connectivity index (χ4n) is 5.43. The van der Waals surface area contributed by atoms with Crippen LogP contribution in [0.15, 0.2) is 0 Å². The highest BCUT2D eigenvalue weighted by atomic mass is 16.6. The van der Waals surface area contributed by atoms with Gasteiger partial charge in [0.05, 0.1) is 11.5 Å². The summed E-state index contributed by atoms with van der Waals surface area (Å²) in [5.41, 5.74) is -2.53. The van der Waals surface area contributed by atoms with E-state index in [9.17, 15) is 9.90 Å². The maximum atomic E-state index is 12.6. The van der Waals surface area contributed by atoms with Gasteiger partial charge >= 0.3 is 5.97 Å². The number of carbonyl (C=O) groups is 1. The van der Waals surface area contributed by atoms with Crippen LogP contribution in [0.1, 0.15) is 59.8 Å². The third-order valence-corrected chi connectivity index (χ3v) is 7.17. The van der Waals surface area contributed by atoms with Crippen LogP contribution in [0.2, 0.25) is 0 Å². The van der Waals surface area contributed by atoms with Crippen molar-refractivity contribution in [2.75, 3.05) is 0 Å². The van der Waals surface area contributed by atoms with Crippen LogP contribution in [0.25, 0.3) is 0 Å². The maximum absolute atomic E-state index is 12.6. The lowest BCUT2D eigenvalue weighted by atomic mass is 9.48. The molecule has 2 aliphatic carbocycles. The minimum absolute atomic E-state index is 0.0952. The third-order valence-electron chi connectivity index (χ3n) is 7.17. The van der Waals surface area contributed by atoms with Crippen LogP contribution in [0.3, 0.4) is 0 Å². The number of esters is 1. The van der Waals surface area contributed by atoms with Gasteiger partial charge in [-0.2, -0.15) is 0 Å². The van der Waals surface area contributed by atoms with Gasteiger partial charge in [0.1, 0.15) is 16.8 Å². The van der Waals surface area contributed by atoms with E-state index in [1.807, 2.05) is 13.8 Å². The van der Waals surface area contributed by atoms with E-state index in [2.05, 4.69) is 13.8 Å². The van der Waals surface area contributed by atoms with Gasteiger partial charge in [-0.15, -0.1) is 0 Å². The second-order valence-electron chi connectivity index (χ2n) is 8.31. The van der Waals surface area contributed by atoms with E-state index >= 15 is 0 Å². The lowest BCUT2D eigenvalue weighted by molar-refractivity contribution is -0.239. The predicted molar refractivity (Wildman–Crippen MR) is 72.0 cm³/mol. The second-order valence-corrected chi connectivity index (χ2v) is 8.31. The van der Waals surface area contributed by atoms with Crippen molar-refractivity contribution >= 4 is 5.97 Å². The molecule has 20 heavy (non-hydrogen) atoms. The van der Waals surface area contributed by atoms with Gasteiger partial charge in [0.2, 0.25) is 0 Å². The fourth-order valence-corrected chi connectivity index (χ4v) is 5.43. The Bertz CT molecular complexity index is 515. The van der Waals surface area contributed by atoms with Gasteiger partial charge in [-0.05, 0) is 46.5 Å². The van der Waals surface area contributed by atoms with E-state index in [1.54, 1.807) is 0 Å². The minimum atomic E-state index is -0.984. The Morgan fingerprint density at radius 3 is 2.55 bits per heavy atom. The van der Waals surface area contributed by atoms with Crippen molar-refractivity contribution in [3.05, 3.63) is 0 Å². The van der Waals surface area contributed by atoms with Crippen molar-refractivity contribution in [2.24, 2.45) is 11.3 Å². The molecule has 0 amide bonds. The predicted octanol–water partition coefficient (Wildman–Crippen LogP) is 2.18. The van der Waals surface area contributed by atoms with Crippen LogP contribution in [0.4, 0.5) is 0 Å². The molecule has 0 aromatic rings. The Hall–Kier alpha value is -0.610. The van der Waals surface area contributed by atoms with Crippen LogP contribution >= 0.6 is 0 Å². The number of ether oxygens (including phenoxy) is 2. The van der Waals surface area contributed by atoms with Crippen molar-refractivity contribution in [3.63, 3.8) is 0 Å². The average molecular weight is 280 g/mol. The summed E-state index contributed by atoms with van der Waals surface area (Å²) in [6.45, 7) is 7.99. The summed E-state index contributed by atoms with van der Waals surface area (Å²) >= 11 is 0. The number of hydrogen-bond donors (Lipinski definition) is 1. The van der Waals surface area contributed by atoms with Crippen LogP contribution in [-0.2, 0) is 14.3 Å². The molecule has 5 atom stereocenters. The molecular weight excluding hydrogens is 256 g/mol. The number of epoxide rings is 1. The average Bonchev–Trinajstić information content (AvgIpc) is 2.91. The first kappa shape index (κ1) is 13.1. The monoisotopic (exact) mass is 280 g/mol. The molecule has 2 saturated carbocycles. The Morgan fingerprint density at radius 2 is 1.85 bits per heavy atom. The first-order valence-electron chi connectivity index (χ1n) is 7.75. The van der Waals surface area contributed by atoms with E-state index in [1.165, 1.54) is 0 Å². The highest BCUT2D eigenvalue weighted by molar-refractivity contribution is 5.75. The number of hydrogen-bond acceptors (Lipinski definition) is 4. The lowest BCUT2D eigenvalue weighted by Gasteiger charge is -2.59. The summed E-state index contributed by atoms with van der Waals surface area (Å²) in [5.74, 6) is -0.241. The van der Waals surface area contributed by atoms with Gasteiger partial charge in [-0.25, -0.2) is 0 Å². The molecule has 2 unspecified atom stereocenters. The molecule has 1 spiro atoms. The number of carbonyl (C=O) groups excluding carboxylic acids is 1. The molecule has 112 valence electrons. The Labute approximate surface area is 119 Å². The molecule has 3 aliphatic heterocycles. The second kappa shape index (κ2) is 3.09. The first-order chi connectivity index (χ1) is 9.09. The molecule has 4 bridgehead atoms. The molecule has 0 aromatic heterocycles. The fraction of sp³-hybridized carbons (Fsp3) is 0.938. The van der Waals surface area contributed by atoms with E-state index in [0.29, 0.717) is 12.8 Å². The van der Waals surface area contributed by atoms with Crippen LogP contribution in [0.5, 0.6) is 0 Å². The van der Waals surface area contributed by atoms with E-state index in [0.717, 1.165) is 19.3 Å². The molecule has 5 fully saturated rings. The molecule has 3 saturated heterocycles. The van der Waals surface area contributed by atoms with E-state index in [4.69, 9.17) is 9.47 Å². The third kappa shape index (κ3) is 1.13. The highest BCUT2D eigenvalue weighted by Gasteiger charge is 2.83. The summed E-state index contributed by atoms with van der Waals surface area (Å²) in [4.78, 5) is 12.6. The molecule has 5 aliphatic rings. The van der Waals surface area contributed by atoms with Gasteiger partial charge in [0, 0.05) is 11.8 Å². The zero-order valence-electron chi connectivity index (χ0n) is 12.8. The largest absolute Gasteiger partial charge is 0.456 e. The van der Waals surface area contributed by atoms with Gasteiger partial charge in [0.25, 0.3) is 0 Å². The van der Waals surface area contributed by atoms with Crippen LogP contribution in [-0.4, -0.2) is 33.5 Å². The molecule has 5 rings (SSSR count). The highest BCUT2D eigenvalue weighted by Crippen LogP contribution is 2.75. The smallest absolute Gasteiger partial charge is 0.310 e. The van der Waals surface area contributed by atoms with E-state index in [-0.39, 0.29) is 28.5 Å². The molecule has 3 heterocycles. The van der Waals surface area contributed by atoms with E-state index < -0.39 is 11.2 Å².